The van der Waals surface area contributed by atoms with Crippen LogP contribution in [0.2, 0.25) is 0 Å². The molecule has 1 atom stereocenters. The Hall–Kier alpha value is -1.14. The molecule has 1 saturated heterocycles. The number of anilines is 1. The Balaban J connectivity index is 2.20. The Bertz CT molecular complexity index is 474. The lowest BCUT2D eigenvalue weighted by molar-refractivity contribution is -0.00466. The number of carbonyl (C=O) groups excluding carboxylic acids is 1. The molecule has 0 bridgehead atoms. The molecule has 6 heteroatoms. The highest BCUT2D eigenvalue weighted by molar-refractivity contribution is 7.17. The van der Waals surface area contributed by atoms with E-state index in [0.717, 1.165) is 36.8 Å². The van der Waals surface area contributed by atoms with Crippen molar-refractivity contribution in [2.45, 2.75) is 32.3 Å². The van der Waals surface area contributed by atoms with E-state index >= 15 is 0 Å². The van der Waals surface area contributed by atoms with Gasteiger partial charge in [-0.25, -0.2) is 9.78 Å². The first-order chi connectivity index (χ1) is 8.99. The number of hydrogen-bond donors (Lipinski definition) is 0. The van der Waals surface area contributed by atoms with E-state index < -0.39 is 0 Å². The number of ether oxygens (including phenoxy) is 2. The third kappa shape index (κ3) is 2.90. The summed E-state index contributed by atoms with van der Waals surface area (Å²) in [5.41, 5.74) is 0.597. The number of hydrogen-bond acceptors (Lipinski definition) is 6. The first kappa shape index (κ1) is 14.3. The lowest BCUT2D eigenvalue weighted by Crippen LogP contribution is -2.47. The summed E-state index contributed by atoms with van der Waals surface area (Å²) >= 11 is 1.39. The molecule has 1 aromatic heterocycles. The van der Waals surface area contributed by atoms with Gasteiger partial charge in [0, 0.05) is 20.2 Å². The number of piperidine rings is 1. The van der Waals surface area contributed by atoms with Crippen molar-refractivity contribution in [3.05, 3.63) is 10.6 Å². The molecule has 0 saturated carbocycles. The van der Waals surface area contributed by atoms with Gasteiger partial charge in [-0.05, 0) is 26.7 Å². The van der Waals surface area contributed by atoms with Gasteiger partial charge in [-0.1, -0.05) is 11.3 Å². The van der Waals surface area contributed by atoms with Crippen LogP contribution in [0.3, 0.4) is 0 Å². The summed E-state index contributed by atoms with van der Waals surface area (Å²) in [6, 6.07) is 0. The number of nitrogens with zero attached hydrogens (tertiary/aromatic N) is 2. The van der Waals surface area contributed by atoms with Crippen molar-refractivity contribution < 1.29 is 14.3 Å². The second kappa shape index (κ2) is 5.46. The first-order valence-corrected chi connectivity index (χ1v) is 7.16. The van der Waals surface area contributed by atoms with Gasteiger partial charge in [-0.3, -0.25) is 0 Å². The quantitative estimate of drug-likeness (QED) is 0.797. The van der Waals surface area contributed by atoms with Crippen LogP contribution in [-0.4, -0.2) is 43.9 Å². The van der Waals surface area contributed by atoms with Crippen LogP contribution in [0.25, 0.3) is 0 Å². The van der Waals surface area contributed by atoms with Crippen molar-refractivity contribution in [1.82, 2.24) is 4.98 Å². The van der Waals surface area contributed by atoms with Gasteiger partial charge in [-0.2, -0.15) is 0 Å². The highest BCUT2D eigenvalue weighted by atomic mass is 32.1. The summed E-state index contributed by atoms with van der Waals surface area (Å²) in [5, 5.41) is 0.876. The predicted molar refractivity (Wildman–Crippen MR) is 75.1 cm³/mol. The lowest BCUT2D eigenvalue weighted by atomic mass is 9.95. The van der Waals surface area contributed by atoms with Crippen LogP contribution in [0.15, 0.2) is 0 Å². The molecule has 0 amide bonds. The fourth-order valence-corrected chi connectivity index (χ4v) is 3.35. The van der Waals surface area contributed by atoms with Crippen LogP contribution in [0, 0.1) is 6.92 Å². The molecule has 19 heavy (non-hydrogen) atoms. The van der Waals surface area contributed by atoms with E-state index in [1.54, 1.807) is 7.11 Å². The van der Waals surface area contributed by atoms with Gasteiger partial charge in [0.15, 0.2) is 5.13 Å². The summed E-state index contributed by atoms with van der Waals surface area (Å²) in [7, 11) is 3.14. The van der Waals surface area contributed by atoms with Gasteiger partial charge >= 0.3 is 5.97 Å². The van der Waals surface area contributed by atoms with Crippen molar-refractivity contribution in [3.8, 4) is 0 Å². The monoisotopic (exact) mass is 284 g/mol. The summed E-state index contributed by atoms with van der Waals surface area (Å²) in [6.45, 7) is 5.70. The Kier molecular flexibility index (Phi) is 4.10. The topological polar surface area (TPSA) is 51.7 Å². The fourth-order valence-electron chi connectivity index (χ4n) is 2.34. The maximum absolute atomic E-state index is 11.6. The number of methoxy groups -OCH3 is 2. The zero-order valence-corrected chi connectivity index (χ0v) is 12.7. The molecule has 1 aliphatic rings. The minimum atomic E-state index is -0.312. The molecule has 1 aromatic rings. The second-order valence-electron chi connectivity index (χ2n) is 5.08. The molecule has 2 rings (SSSR count). The smallest absolute Gasteiger partial charge is 0.350 e. The van der Waals surface area contributed by atoms with Crippen molar-refractivity contribution in [1.29, 1.82) is 0 Å². The Labute approximate surface area is 117 Å². The van der Waals surface area contributed by atoms with Crippen molar-refractivity contribution in [2.24, 2.45) is 0 Å². The molecule has 1 unspecified atom stereocenters. The Morgan fingerprint density at radius 3 is 2.84 bits per heavy atom. The fraction of sp³-hybridized carbons (Fsp3) is 0.692. The van der Waals surface area contributed by atoms with Gasteiger partial charge in [0.05, 0.1) is 18.4 Å². The molecule has 1 fully saturated rings. The van der Waals surface area contributed by atoms with Gasteiger partial charge in [0.25, 0.3) is 0 Å². The van der Waals surface area contributed by atoms with E-state index in [4.69, 9.17) is 9.47 Å². The molecule has 5 nitrogen and oxygen atoms in total. The lowest BCUT2D eigenvalue weighted by Gasteiger charge is -2.39. The molecule has 1 aliphatic heterocycles. The zero-order valence-electron chi connectivity index (χ0n) is 11.9. The summed E-state index contributed by atoms with van der Waals surface area (Å²) in [6.07, 6.45) is 2.12. The molecular weight excluding hydrogens is 264 g/mol. The number of aromatic nitrogens is 1. The van der Waals surface area contributed by atoms with Crippen LogP contribution in [-0.2, 0) is 9.47 Å². The number of aryl methyl sites for hydroxylation is 1. The summed E-state index contributed by atoms with van der Waals surface area (Å²) in [4.78, 5) is 18.9. The van der Waals surface area contributed by atoms with E-state index in [1.807, 2.05) is 6.92 Å². The molecule has 106 valence electrons. The summed E-state index contributed by atoms with van der Waals surface area (Å²) < 4.78 is 10.3. The van der Waals surface area contributed by atoms with Gasteiger partial charge in [-0.15, -0.1) is 0 Å². The normalized spacial score (nSPS) is 23.5. The van der Waals surface area contributed by atoms with Crippen LogP contribution < -0.4 is 4.90 Å². The molecule has 0 radical (unpaired) electrons. The zero-order chi connectivity index (χ0) is 14.0. The molecule has 0 aliphatic carbocycles. The highest BCUT2D eigenvalue weighted by Gasteiger charge is 2.32. The van der Waals surface area contributed by atoms with Crippen LogP contribution in [0.1, 0.15) is 35.1 Å². The van der Waals surface area contributed by atoms with Crippen LogP contribution in [0.5, 0.6) is 0 Å². The third-order valence-corrected chi connectivity index (χ3v) is 4.78. The highest BCUT2D eigenvalue weighted by Crippen LogP contribution is 2.32. The molecule has 0 spiro atoms. The van der Waals surface area contributed by atoms with Gasteiger partial charge in [0.1, 0.15) is 4.88 Å². The largest absolute Gasteiger partial charge is 0.465 e. The van der Waals surface area contributed by atoms with E-state index in [1.165, 1.54) is 18.4 Å². The SMILES string of the molecule is COC(=O)c1sc(N2CCCC(C)(OC)C2)nc1C. The maximum Gasteiger partial charge on any atom is 0.350 e. The van der Waals surface area contributed by atoms with Crippen LogP contribution in [0.4, 0.5) is 5.13 Å². The number of esters is 1. The molecule has 2 heterocycles. The second-order valence-corrected chi connectivity index (χ2v) is 6.06. The average molecular weight is 284 g/mol. The van der Waals surface area contributed by atoms with E-state index in [9.17, 15) is 4.79 Å². The van der Waals surface area contributed by atoms with E-state index in [0.29, 0.717) is 4.88 Å². The standard InChI is InChI=1S/C13H20N2O3S/c1-9-10(11(16)17-3)19-12(14-9)15-7-5-6-13(2,8-15)18-4/h5-8H2,1-4H3. The average Bonchev–Trinajstić information content (AvgIpc) is 2.80. The Morgan fingerprint density at radius 1 is 1.47 bits per heavy atom. The van der Waals surface area contributed by atoms with Gasteiger partial charge < -0.3 is 14.4 Å². The molecule has 0 aromatic carbocycles. The van der Waals surface area contributed by atoms with E-state index in [2.05, 4.69) is 16.8 Å². The van der Waals surface area contributed by atoms with Crippen LogP contribution >= 0.6 is 11.3 Å². The minimum absolute atomic E-state index is 0.136. The molecular formula is C13H20N2O3S. The Morgan fingerprint density at radius 2 is 2.21 bits per heavy atom. The predicted octanol–water partition coefficient (Wildman–Crippen LogP) is 2.24. The maximum atomic E-state index is 11.6. The third-order valence-electron chi connectivity index (χ3n) is 3.58. The van der Waals surface area contributed by atoms with Crippen molar-refractivity contribution in [2.75, 3.05) is 32.2 Å². The van der Waals surface area contributed by atoms with E-state index in [-0.39, 0.29) is 11.6 Å². The minimum Gasteiger partial charge on any atom is -0.465 e. The molecule has 0 N–H and O–H groups in total. The summed E-state index contributed by atoms with van der Waals surface area (Å²) in [5.74, 6) is -0.312. The number of thiazole rings is 1. The van der Waals surface area contributed by atoms with Gasteiger partial charge in [0.2, 0.25) is 0 Å². The number of rotatable bonds is 3. The first-order valence-electron chi connectivity index (χ1n) is 6.35. The van der Waals surface area contributed by atoms with Crippen molar-refractivity contribution >= 4 is 22.4 Å². The van der Waals surface area contributed by atoms with Crippen molar-refractivity contribution in [3.63, 3.8) is 0 Å². The number of carbonyl (C=O) groups is 1.